The number of hydrogen-bond donors (Lipinski definition) is 1. The first-order chi connectivity index (χ1) is 8.79. The predicted octanol–water partition coefficient (Wildman–Crippen LogP) is 2.21. The van der Waals surface area contributed by atoms with E-state index in [2.05, 4.69) is 18.3 Å². The van der Waals surface area contributed by atoms with Crippen LogP contribution in [0.25, 0.3) is 0 Å². The number of nitrogens with one attached hydrogen (secondary N) is 1. The molecule has 19 heavy (non-hydrogen) atoms. The molecule has 0 atom stereocenters. The van der Waals surface area contributed by atoms with Crippen LogP contribution in [0.15, 0.2) is 12.1 Å². The number of carbonyl (C=O) groups excluding carboxylic acids is 1. The van der Waals surface area contributed by atoms with E-state index in [1.807, 2.05) is 27.9 Å². The fourth-order valence-corrected chi connectivity index (χ4v) is 1.90. The number of likely N-dealkylation sites (N-methyl/N-ethyl adjacent to an activating group) is 1. The van der Waals surface area contributed by atoms with E-state index < -0.39 is 0 Å². The highest BCUT2D eigenvalue weighted by atomic mass is 16.2. The summed E-state index contributed by atoms with van der Waals surface area (Å²) in [5, 5.41) is 11.9. The molecule has 0 radical (unpaired) electrons. The largest absolute Gasteiger partial charge is 0.321 e. The molecular weight excluding hydrogens is 238 g/mol. The molecule has 1 aromatic rings. The second-order valence-electron chi connectivity index (χ2n) is 5.56. The first-order valence-electron chi connectivity index (χ1n) is 6.42. The summed E-state index contributed by atoms with van der Waals surface area (Å²) >= 11 is 0. The molecule has 0 aliphatic heterocycles. The van der Waals surface area contributed by atoms with Gasteiger partial charge in [0.2, 0.25) is 0 Å². The monoisotopic (exact) mass is 260 g/mol. The third-order valence-electron chi connectivity index (χ3n) is 3.35. The van der Waals surface area contributed by atoms with E-state index in [1.54, 1.807) is 12.1 Å². The van der Waals surface area contributed by atoms with E-state index in [0.29, 0.717) is 16.6 Å². The summed E-state index contributed by atoms with van der Waals surface area (Å²) in [4.78, 5) is 12.1. The lowest BCUT2D eigenvalue weighted by atomic mass is 10.0. The minimum absolute atomic E-state index is 0.00255. The predicted molar refractivity (Wildman–Crippen MR) is 76.8 cm³/mol. The van der Waals surface area contributed by atoms with Crippen LogP contribution < -0.4 is 5.32 Å². The Labute approximate surface area is 115 Å². The van der Waals surface area contributed by atoms with Crippen LogP contribution in [0.4, 0.5) is 5.69 Å². The molecule has 4 nitrogen and oxygen atoms in total. The number of carbonyl (C=O) groups is 1. The molecule has 0 heterocycles. The van der Waals surface area contributed by atoms with Gasteiger partial charge in [-0.05, 0) is 44.0 Å². The van der Waals surface area contributed by atoms with Crippen molar-refractivity contribution in [3.8, 4) is 6.07 Å². The molecule has 0 unspecified atom stereocenters. The second kappa shape index (κ2) is 5.85. The molecule has 1 N–H and O–H groups in total. The molecule has 0 saturated carbocycles. The summed E-state index contributed by atoms with van der Waals surface area (Å²) in [7, 11) is 4.05. The Kier molecular flexibility index (Phi) is 4.68. The lowest BCUT2D eigenvalue weighted by Gasteiger charge is -2.27. The highest BCUT2D eigenvalue weighted by Gasteiger charge is 2.18. The number of nitriles is 1. The number of quaternary nitrogens is 1. The third kappa shape index (κ3) is 4.08. The van der Waals surface area contributed by atoms with Crippen LogP contribution in [0.3, 0.4) is 0 Å². The number of rotatable bonds is 4. The molecule has 0 saturated heterocycles. The molecule has 0 aromatic heterocycles. The molecule has 0 aliphatic carbocycles. The van der Waals surface area contributed by atoms with Crippen molar-refractivity contribution in [3.05, 3.63) is 28.8 Å². The van der Waals surface area contributed by atoms with Crippen molar-refractivity contribution in [2.24, 2.45) is 0 Å². The average molecular weight is 260 g/mol. The van der Waals surface area contributed by atoms with Crippen molar-refractivity contribution in [2.45, 2.75) is 20.8 Å². The van der Waals surface area contributed by atoms with Gasteiger partial charge in [0, 0.05) is 5.69 Å². The molecule has 0 bridgehead atoms. The van der Waals surface area contributed by atoms with Gasteiger partial charge in [0.15, 0.2) is 6.54 Å². The molecular formula is C15H22N3O+. The highest BCUT2D eigenvalue weighted by molar-refractivity contribution is 5.93. The van der Waals surface area contributed by atoms with Gasteiger partial charge >= 0.3 is 0 Å². The summed E-state index contributed by atoms with van der Waals surface area (Å²) in [5.41, 5.74) is 3.29. The third-order valence-corrected chi connectivity index (χ3v) is 3.35. The van der Waals surface area contributed by atoms with Gasteiger partial charge in [-0.1, -0.05) is 0 Å². The van der Waals surface area contributed by atoms with E-state index in [4.69, 9.17) is 5.26 Å². The van der Waals surface area contributed by atoms with E-state index in [9.17, 15) is 4.79 Å². The van der Waals surface area contributed by atoms with E-state index in [0.717, 1.165) is 23.4 Å². The van der Waals surface area contributed by atoms with Crippen LogP contribution >= 0.6 is 0 Å². The van der Waals surface area contributed by atoms with E-state index in [-0.39, 0.29) is 5.91 Å². The molecule has 1 aromatic carbocycles. The smallest absolute Gasteiger partial charge is 0.279 e. The SMILES string of the molecule is CC[N+](C)(C)CC(=O)Nc1c(C)cc(C#N)cc1C. The zero-order chi connectivity index (χ0) is 14.6. The summed E-state index contributed by atoms with van der Waals surface area (Å²) in [6, 6.07) is 5.71. The quantitative estimate of drug-likeness (QED) is 0.844. The summed E-state index contributed by atoms with van der Waals surface area (Å²) in [6.45, 7) is 7.21. The van der Waals surface area contributed by atoms with Crippen LogP contribution in [0.2, 0.25) is 0 Å². The summed E-state index contributed by atoms with van der Waals surface area (Å²) < 4.78 is 0.653. The van der Waals surface area contributed by atoms with E-state index in [1.165, 1.54) is 0 Å². The number of benzene rings is 1. The normalized spacial score (nSPS) is 10.9. The first-order valence-corrected chi connectivity index (χ1v) is 6.42. The lowest BCUT2D eigenvalue weighted by molar-refractivity contribution is -0.880. The zero-order valence-electron chi connectivity index (χ0n) is 12.4. The Morgan fingerprint density at radius 1 is 1.32 bits per heavy atom. The van der Waals surface area contributed by atoms with Crippen molar-refractivity contribution in [2.75, 3.05) is 32.5 Å². The number of hydrogen-bond acceptors (Lipinski definition) is 2. The van der Waals surface area contributed by atoms with Gasteiger partial charge in [-0.3, -0.25) is 4.79 Å². The van der Waals surface area contributed by atoms with Crippen LogP contribution in [-0.2, 0) is 4.79 Å². The average Bonchev–Trinajstić information content (AvgIpc) is 2.33. The van der Waals surface area contributed by atoms with Crippen LogP contribution in [0.1, 0.15) is 23.6 Å². The number of nitrogens with zero attached hydrogens (tertiary/aromatic N) is 2. The topological polar surface area (TPSA) is 52.9 Å². The molecule has 4 heteroatoms. The van der Waals surface area contributed by atoms with Gasteiger partial charge in [-0.25, -0.2) is 0 Å². The molecule has 102 valence electrons. The number of anilines is 1. The van der Waals surface area contributed by atoms with Gasteiger partial charge in [0.25, 0.3) is 5.91 Å². The minimum Gasteiger partial charge on any atom is -0.321 e. The van der Waals surface area contributed by atoms with Crippen molar-refractivity contribution >= 4 is 11.6 Å². The summed E-state index contributed by atoms with van der Waals surface area (Å²) in [6.07, 6.45) is 0. The van der Waals surface area contributed by atoms with Gasteiger partial charge < -0.3 is 9.80 Å². The molecule has 1 rings (SSSR count). The number of amides is 1. The first kappa shape index (κ1) is 15.2. The Morgan fingerprint density at radius 3 is 2.26 bits per heavy atom. The lowest BCUT2D eigenvalue weighted by Crippen LogP contribution is -2.45. The van der Waals surface area contributed by atoms with Gasteiger partial charge in [-0.2, -0.15) is 5.26 Å². The maximum Gasteiger partial charge on any atom is 0.279 e. The maximum absolute atomic E-state index is 12.1. The van der Waals surface area contributed by atoms with Crippen LogP contribution in [0, 0.1) is 25.2 Å². The number of aryl methyl sites for hydroxylation is 2. The Hall–Kier alpha value is -1.86. The van der Waals surface area contributed by atoms with E-state index >= 15 is 0 Å². The molecule has 0 aliphatic rings. The van der Waals surface area contributed by atoms with Crippen molar-refractivity contribution in [3.63, 3.8) is 0 Å². The van der Waals surface area contributed by atoms with Crippen molar-refractivity contribution < 1.29 is 9.28 Å². The highest BCUT2D eigenvalue weighted by Crippen LogP contribution is 2.22. The van der Waals surface area contributed by atoms with Gasteiger partial charge in [0.05, 0.1) is 32.3 Å². The standard InChI is InChI=1S/C15H21N3O/c1-6-18(4,5)10-14(19)17-15-11(2)7-13(9-16)8-12(15)3/h7-8H,6,10H2,1-5H3/p+1. The van der Waals surface area contributed by atoms with Crippen molar-refractivity contribution in [1.29, 1.82) is 5.26 Å². The molecule has 0 fully saturated rings. The molecule has 1 amide bonds. The zero-order valence-corrected chi connectivity index (χ0v) is 12.4. The van der Waals surface area contributed by atoms with Crippen LogP contribution in [-0.4, -0.2) is 37.6 Å². The Balaban J connectivity index is 2.90. The fraction of sp³-hybridized carbons (Fsp3) is 0.467. The minimum atomic E-state index is 0.00255. The maximum atomic E-state index is 12.1. The second-order valence-corrected chi connectivity index (χ2v) is 5.56. The van der Waals surface area contributed by atoms with Gasteiger partial charge in [-0.15, -0.1) is 0 Å². The van der Waals surface area contributed by atoms with Crippen LogP contribution in [0.5, 0.6) is 0 Å². The van der Waals surface area contributed by atoms with Gasteiger partial charge in [0.1, 0.15) is 0 Å². The Morgan fingerprint density at radius 2 is 1.84 bits per heavy atom. The fourth-order valence-electron chi connectivity index (χ4n) is 1.90. The summed E-state index contributed by atoms with van der Waals surface area (Å²) in [5.74, 6) is 0.00255. The molecule has 0 spiro atoms. The Bertz CT molecular complexity index is 504. The van der Waals surface area contributed by atoms with Crippen molar-refractivity contribution in [1.82, 2.24) is 0 Å².